The van der Waals surface area contributed by atoms with Crippen molar-refractivity contribution in [2.75, 3.05) is 6.54 Å². The Morgan fingerprint density at radius 3 is 2.58 bits per heavy atom. The number of carbonyl (C=O) groups is 3. The summed E-state index contributed by atoms with van der Waals surface area (Å²) in [5.74, 6) is -0.101. The van der Waals surface area contributed by atoms with Gasteiger partial charge in [-0.05, 0) is 67.8 Å². The Kier molecular flexibility index (Phi) is 4.40. The van der Waals surface area contributed by atoms with Crippen molar-refractivity contribution in [3.05, 3.63) is 11.6 Å². The minimum absolute atomic E-state index is 0.0740. The van der Waals surface area contributed by atoms with Gasteiger partial charge in [-0.3, -0.25) is 14.4 Å². The zero-order valence-electron chi connectivity index (χ0n) is 22.7. The highest BCUT2D eigenvalue weighted by Gasteiger charge is 2.82. The van der Waals surface area contributed by atoms with Crippen LogP contribution in [0.4, 0.5) is 0 Å². The first-order valence-electron chi connectivity index (χ1n) is 14.2. The first-order valence-corrected chi connectivity index (χ1v) is 14.2. The van der Waals surface area contributed by atoms with Crippen molar-refractivity contribution in [1.29, 1.82) is 0 Å². The van der Waals surface area contributed by atoms with Crippen LogP contribution in [0, 0.1) is 45.8 Å². The summed E-state index contributed by atoms with van der Waals surface area (Å²) in [6.45, 7) is 13.9. The molecular weight excluding hydrogens is 454 g/mol. The number of piperidine rings is 1. The van der Waals surface area contributed by atoms with Crippen molar-refractivity contribution in [3.63, 3.8) is 0 Å². The topological polar surface area (TPSA) is 72.9 Å². The molecule has 6 nitrogen and oxygen atoms in total. The fraction of sp³-hybridized carbons (Fsp3) is 0.833. The smallest absolute Gasteiger partial charge is 0.308 e. The number of ketones is 2. The summed E-state index contributed by atoms with van der Waals surface area (Å²) in [6.07, 6.45) is 7.43. The summed E-state index contributed by atoms with van der Waals surface area (Å²) >= 11 is 0. The van der Waals surface area contributed by atoms with Crippen LogP contribution in [-0.2, 0) is 23.9 Å². The van der Waals surface area contributed by atoms with Crippen LogP contribution < -0.4 is 0 Å². The Morgan fingerprint density at radius 2 is 1.83 bits per heavy atom. The lowest BCUT2D eigenvalue weighted by molar-refractivity contribution is -0.379. The molecule has 0 N–H and O–H groups in total. The summed E-state index contributed by atoms with van der Waals surface area (Å²) in [5.41, 5.74) is -1.44. The van der Waals surface area contributed by atoms with E-state index in [0.29, 0.717) is 12.3 Å². The Labute approximate surface area is 214 Å². The number of hydrogen-bond donors (Lipinski definition) is 0. The molecular formula is C30H41NO5. The van der Waals surface area contributed by atoms with E-state index in [4.69, 9.17) is 9.47 Å². The van der Waals surface area contributed by atoms with Crippen LogP contribution >= 0.6 is 0 Å². The molecule has 0 unspecified atom stereocenters. The first-order chi connectivity index (χ1) is 16.8. The standard InChI is InChI=1S/C30H41NO5/c1-16-10-20-23(21(32)11-16)18(3)24(34)25-26(20,4)15-30-28(6,27(25,5)13-22(33)36-30)7-8-29-12-17(2)9-19(35-29)14-31(29)30/h11,17-20,23,25H,7-10,12-15H2,1-6H3/t17-,18+,19+,20+,23-,25-,26-,27-,28-,29-,30+/m0/s1. The van der Waals surface area contributed by atoms with Gasteiger partial charge in [0.2, 0.25) is 0 Å². The van der Waals surface area contributed by atoms with E-state index >= 15 is 0 Å². The highest BCUT2D eigenvalue weighted by molar-refractivity contribution is 6.00. The maximum atomic E-state index is 14.4. The fourth-order valence-electron chi connectivity index (χ4n) is 11.3. The number of esters is 1. The molecule has 7 rings (SSSR count). The zero-order chi connectivity index (χ0) is 25.6. The molecule has 1 spiro atoms. The minimum Gasteiger partial charge on any atom is -0.443 e. The number of fused-ring (bicyclic) bond motifs is 5. The van der Waals surface area contributed by atoms with Crippen LogP contribution in [0.15, 0.2) is 11.6 Å². The van der Waals surface area contributed by atoms with Crippen LogP contribution in [0.25, 0.3) is 0 Å². The van der Waals surface area contributed by atoms with Crippen molar-refractivity contribution in [2.24, 2.45) is 45.8 Å². The van der Waals surface area contributed by atoms with Gasteiger partial charge in [0.05, 0.1) is 12.5 Å². The fourth-order valence-corrected chi connectivity index (χ4v) is 11.3. The monoisotopic (exact) mass is 495 g/mol. The molecule has 4 saturated heterocycles. The summed E-state index contributed by atoms with van der Waals surface area (Å²) < 4.78 is 13.4. The normalized spacial score (nSPS) is 57.7. The van der Waals surface area contributed by atoms with Gasteiger partial charge < -0.3 is 9.47 Å². The third kappa shape index (κ3) is 2.41. The highest BCUT2D eigenvalue weighted by Crippen LogP contribution is 2.78. The van der Waals surface area contributed by atoms with Crippen LogP contribution in [0.5, 0.6) is 0 Å². The Bertz CT molecular complexity index is 1130. The van der Waals surface area contributed by atoms with Gasteiger partial charge in [0.15, 0.2) is 11.5 Å². The Balaban J connectivity index is 1.46. The van der Waals surface area contributed by atoms with Gasteiger partial charge in [0.1, 0.15) is 11.5 Å². The molecule has 3 aliphatic carbocycles. The quantitative estimate of drug-likeness (QED) is 0.455. The van der Waals surface area contributed by atoms with Gasteiger partial charge in [0.25, 0.3) is 0 Å². The lowest BCUT2D eigenvalue weighted by Gasteiger charge is -2.76. The van der Waals surface area contributed by atoms with E-state index in [0.717, 1.165) is 44.2 Å². The second kappa shape index (κ2) is 6.72. The van der Waals surface area contributed by atoms with Gasteiger partial charge in [-0.25, -0.2) is 4.90 Å². The predicted molar refractivity (Wildman–Crippen MR) is 132 cm³/mol. The summed E-state index contributed by atoms with van der Waals surface area (Å²) in [5, 5.41) is 0. The Morgan fingerprint density at radius 1 is 1.08 bits per heavy atom. The van der Waals surface area contributed by atoms with Gasteiger partial charge in [-0.2, -0.15) is 0 Å². The van der Waals surface area contributed by atoms with E-state index < -0.39 is 22.3 Å². The largest absolute Gasteiger partial charge is 0.443 e. The van der Waals surface area contributed by atoms with Gasteiger partial charge in [0, 0.05) is 36.1 Å². The summed E-state index contributed by atoms with van der Waals surface area (Å²) in [4.78, 5) is 43.7. The molecule has 0 radical (unpaired) electrons. The number of ether oxygens (including phenoxy) is 2. The van der Waals surface area contributed by atoms with E-state index in [1.54, 1.807) is 6.08 Å². The maximum Gasteiger partial charge on any atom is 0.308 e. The van der Waals surface area contributed by atoms with E-state index in [1.807, 2.05) is 6.92 Å². The molecule has 36 heavy (non-hydrogen) atoms. The molecule has 4 aliphatic heterocycles. The maximum absolute atomic E-state index is 14.4. The SMILES string of the molecule is CC1=CC(=O)[C@@H]2[C@@H](C1)[C@]1(C)C[C@@]34OC(=O)C[C@@](C)([C@H]1C(=O)[C@@H]2C)[C@]3(C)CC[C@]12C[C@@H](C)C[C@H](CN14)O2. The minimum atomic E-state index is -0.817. The van der Waals surface area contributed by atoms with E-state index in [-0.39, 0.29) is 59.1 Å². The summed E-state index contributed by atoms with van der Waals surface area (Å²) in [6, 6.07) is 0. The van der Waals surface area contributed by atoms with E-state index in [1.165, 1.54) is 0 Å². The van der Waals surface area contributed by atoms with Crippen molar-refractivity contribution < 1.29 is 23.9 Å². The number of Topliss-reactive ketones (excluding diaryl/α,β-unsaturated/α-hetero) is 1. The number of allylic oxidation sites excluding steroid dienone is 2. The number of hydrogen-bond acceptors (Lipinski definition) is 6. The van der Waals surface area contributed by atoms with Crippen molar-refractivity contribution in [3.8, 4) is 0 Å². The van der Waals surface area contributed by atoms with Crippen LogP contribution in [0.1, 0.15) is 86.5 Å². The third-order valence-corrected chi connectivity index (χ3v) is 12.7. The van der Waals surface area contributed by atoms with Crippen molar-refractivity contribution in [1.82, 2.24) is 4.90 Å². The van der Waals surface area contributed by atoms with Crippen molar-refractivity contribution in [2.45, 2.75) is 104 Å². The molecule has 2 saturated carbocycles. The highest BCUT2D eigenvalue weighted by atomic mass is 16.6. The van der Waals surface area contributed by atoms with Crippen molar-refractivity contribution >= 4 is 17.5 Å². The Hall–Kier alpha value is -1.53. The molecule has 4 bridgehead atoms. The lowest BCUT2D eigenvalue weighted by atomic mass is 9.33. The molecule has 7 aliphatic rings. The predicted octanol–water partition coefficient (Wildman–Crippen LogP) is 4.66. The van der Waals surface area contributed by atoms with Gasteiger partial charge in [-0.1, -0.05) is 40.2 Å². The lowest BCUT2D eigenvalue weighted by Crippen LogP contribution is -2.83. The van der Waals surface area contributed by atoms with E-state index in [9.17, 15) is 14.4 Å². The molecule has 6 fully saturated rings. The average Bonchev–Trinajstić information content (AvgIpc) is 3.04. The van der Waals surface area contributed by atoms with Gasteiger partial charge in [-0.15, -0.1) is 0 Å². The molecule has 4 heterocycles. The number of carbonyl (C=O) groups excluding carboxylic acids is 3. The molecule has 0 aromatic carbocycles. The van der Waals surface area contributed by atoms with Crippen LogP contribution in [-0.4, -0.2) is 46.5 Å². The second-order valence-electron chi connectivity index (χ2n) is 14.6. The van der Waals surface area contributed by atoms with Crippen LogP contribution in [0.2, 0.25) is 0 Å². The average molecular weight is 496 g/mol. The second-order valence-corrected chi connectivity index (χ2v) is 14.6. The molecule has 0 aromatic rings. The third-order valence-electron chi connectivity index (χ3n) is 12.7. The van der Waals surface area contributed by atoms with Gasteiger partial charge >= 0.3 is 5.97 Å². The number of nitrogens with zero attached hydrogens (tertiary/aromatic N) is 1. The molecule has 11 atom stereocenters. The molecule has 0 aromatic heterocycles. The zero-order valence-corrected chi connectivity index (χ0v) is 22.7. The first kappa shape index (κ1) is 23.6. The van der Waals surface area contributed by atoms with Crippen LogP contribution in [0.3, 0.4) is 0 Å². The summed E-state index contributed by atoms with van der Waals surface area (Å²) in [7, 11) is 0. The molecule has 0 amide bonds. The molecule has 6 heteroatoms. The number of rotatable bonds is 0. The van der Waals surface area contributed by atoms with E-state index in [2.05, 4.69) is 39.5 Å². The molecule has 196 valence electrons.